The summed E-state index contributed by atoms with van der Waals surface area (Å²) >= 11 is 0. The molecule has 0 saturated carbocycles. The molecule has 0 amide bonds. The Labute approximate surface area is 95.3 Å². The third kappa shape index (κ3) is 3.67. The van der Waals surface area contributed by atoms with Crippen molar-refractivity contribution in [3.63, 3.8) is 0 Å². The third-order valence-electron chi connectivity index (χ3n) is 2.13. The Morgan fingerprint density at radius 1 is 1.19 bits per heavy atom. The summed E-state index contributed by atoms with van der Waals surface area (Å²) in [6.07, 6.45) is -0.210. The summed E-state index contributed by atoms with van der Waals surface area (Å²) in [5, 5.41) is 0. The van der Waals surface area contributed by atoms with Crippen LogP contribution in [-0.2, 0) is 14.2 Å². The third-order valence-corrected chi connectivity index (χ3v) is 2.13. The molecule has 1 aromatic carbocycles. The van der Waals surface area contributed by atoms with Gasteiger partial charge in [0.15, 0.2) is 6.29 Å². The van der Waals surface area contributed by atoms with Crippen LogP contribution in [0.2, 0.25) is 0 Å². The maximum Gasteiger partial charge on any atom is 0.181 e. The average Bonchev–Trinajstić information content (AvgIpc) is 2.83. The molecule has 1 aliphatic rings. The smallest absolute Gasteiger partial charge is 0.181 e. The molecule has 0 radical (unpaired) electrons. The second kappa shape index (κ2) is 6.29. The van der Waals surface area contributed by atoms with Crippen LogP contribution in [0.25, 0.3) is 0 Å². The van der Waals surface area contributed by atoms with Crippen molar-refractivity contribution in [2.45, 2.75) is 6.29 Å². The van der Waals surface area contributed by atoms with Gasteiger partial charge in [0.05, 0.1) is 19.8 Å². The zero-order valence-electron chi connectivity index (χ0n) is 9.02. The maximum atomic E-state index is 5.32. The van der Waals surface area contributed by atoms with Gasteiger partial charge in [0.2, 0.25) is 0 Å². The second-order valence-electron chi connectivity index (χ2n) is 3.35. The highest BCUT2D eigenvalue weighted by atomic mass is 16.7. The number of benzene rings is 1. The molecular weight excluding hydrogens is 204 g/mol. The molecule has 0 atom stereocenters. The van der Waals surface area contributed by atoms with Crippen LogP contribution >= 0.6 is 0 Å². The summed E-state index contributed by atoms with van der Waals surface area (Å²) in [6.45, 7) is 2.16. The van der Waals surface area contributed by atoms with E-state index in [2.05, 4.69) is 11.8 Å². The topological polar surface area (TPSA) is 27.7 Å². The van der Waals surface area contributed by atoms with Crippen molar-refractivity contribution in [1.82, 2.24) is 0 Å². The monoisotopic (exact) mass is 218 g/mol. The minimum Gasteiger partial charge on any atom is -0.363 e. The van der Waals surface area contributed by atoms with E-state index in [-0.39, 0.29) is 6.29 Å². The van der Waals surface area contributed by atoms with E-state index in [4.69, 9.17) is 14.2 Å². The van der Waals surface area contributed by atoms with Gasteiger partial charge in [0, 0.05) is 5.56 Å². The molecule has 0 N–H and O–H groups in total. The lowest BCUT2D eigenvalue weighted by Crippen LogP contribution is -2.16. The van der Waals surface area contributed by atoms with Crippen LogP contribution in [0.3, 0.4) is 0 Å². The number of ether oxygens (including phenoxy) is 3. The Hall–Kier alpha value is -1.34. The fraction of sp³-hybridized carbons (Fsp3) is 0.385. The van der Waals surface area contributed by atoms with Gasteiger partial charge in [-0.3, -0.25) is 0 Å². The minimum atomic E-state index is -0.210. The standard InChI is InChI=1S/C13H14O3/c1-2-5-12(6-3-1)7-4-8-14-11-13-15-9-10-16-13/h1-3,5-6,13H,8-11H2. The van der Waals surface area contributed by atoms with Gasteiger partial charge in [-0.05, 0) is 12.1 Å². The Morgan fingerprint density at radius 3 is 2.69 bits per heavy atom. The highest BCUT2D eigenvalue weighted by Gasteiger charge is 2.14. The zero-order chi connectivity index (χ0) is 11.1. The number of rotatable bonds is 3. The molecule has 2 rings (SSSR count). The van der Waals surface area contributed by atoms with Gasteiger partial charge in [-0.1, -0.05) is 30.0 Å². The van der Waals surface area contributed by atoms with Gasteiger partial charge < -0.3 is 14.2 Å². The van der Waals surface area contributed by atoms with Crippen molar-refractivity contribution in [2.24, 2.45) is 0 Å². The lowest BCUT2D eigenvalue weighted by atomic mass is 10.2. The normalized spacial score (nSPS) is 15.8. The molecule has 0 aromatic heterocycles. The highest BCUT2D eigenvalue weighted by Crippen LogP contribution is 2.03. The molecule has 84 valence electrons. The van der Waals surface area contributed by atoms with Crippen molar-refractivity contribution in [1.29, 1.82) is 0 Å². The molecule has 1 aliphatic heterocycles. The summed E-state index contributed by atoms with van der Waals surface area (Å²) in [5.41, 5.74) is 1.000. The molecule has 3 heteroatoms. The number of hydrogen-bond donors (Lipinski definition) is 0. The van der Waals surface area contributed by atoms with Gasteiger partial charge in [0.1, 0.15) is 6.61 Å². The molecule has 1 heterocycles. The van der Waals surface area contributed by atoms with Gasteiger partial charge in [-0.15, -0.1) is 0 Å². The van der Waals surface area contributed by atoms with E-state index >= 15 is 0 Å². The zero-order valence-corrected chi connectivity index (χ0v) is 9.02. The molecule has 0 unspecified atom stereocenters. The first-order valence-corrected chi connectivity index (χ1v) is 5.30. The van der Waals surface area contributed by atoms with Crippen LogP contribution < -0.4 is 0 Å². The molecule has 1 saturated heterocycles. The Morgan fingerprint density at radius 2 is 1.94 bits per heavy atom. The summed E-state index contributed by atoms with van der Waals surface area (Å²) in [5.74, 6) is 5.96. The van der Waals surface area contributed by atoms with Crippen LogP contribution in [0.15, 0.2) is 30.3 Å². The van der Waals surface area contributed by atoms with Gasteiger partial charge in [0.25, 0.3) is 0 Å². The molecule has 1 aromatic rings. The predicted molar refractivity (Wildman–Crippen MR) is 59.8 cm³/mol. The predicted octanol–water partition coefficient (Wildman–Crippen LogP) is 1.43. The van der Waals surface area contributed by atoms with Crippen LogP contribution in [0, 0.1) is 11.8 Å². The Bertz CT molecular complexity index is 358. The van der Waals surface area contributed by atoms with Gasteiger partial charge in [-0.25, -0.2) is 0 Å². The van der Waals surface area contributed by atoms with Crippen molar-refractivity contribution >= 4 is 0 Å². The van der Waals surface area contributed by atoms with Crippen LogP contribution in [0.1, 0.15) is 5.56 Å². The van der Waals surface area contributed by atoms with E-state index in [1.807, 2.05) is 30.3 Å². The fourth-order valence-corrected chi connectivity index (χ4v) is 1.37. The van der Waals surface area contributed by atoms with Gasteiger partial charge >= 0.3 is 0 Å². The quantitative estimate of drug-likeness (QED) is 0.567. The summed E-state index contributed by atoms with van der Waals surface area (Å²) < 4.78 is 15.8. The minimum absolute atomic E-state index is 0.210. The van der Waals surface area contributed by atoms with Crippen molar-refractivity contribution in [2.75, 3.05) is 26.4 Å². The molecule has 0 aliphatic carbocycles. The SMILES string of the molecule is C(#Cc1ccccc1)COCC1OCCO1. The maximum absolute atomic E-state index is 5.32. The Kier molecular flexibility index (Phi) is 4.38. The number of hydrogen-bond acceptors (Lipinski definition) is 3. The summed E-state index contributed by atoms with van der Waals surface area (Å²) in [4.78, 5) is 0. The fourth-order valence-electron chi connectivity index (χ4n) is 1.37. The molecule has 1 fully saturated rings. The van der Waals surface area contributed by atoms with Crippen molar-refractivity contribution in [3.8, 4) is 11.8 Å². The summed E-state index contributed by atoms with van der Waals surface area (Å²) in [6, 6.07) is 9.83. The summed E-state index contributed by atoms with van der Waals surface area (Å²) in [7, 11) is 0. The van der Waals surface area contributed by atoms with Crippen molar-refractivity contribution < 1.29 is 14.2 Å². The first kappa shape index (κ1) is 11.2. The second-order valence-corrected chi connectivity index (χ2v) is 3.35. The highest BCUT2D eigenvalue weighted by molar-refractivity contribution is 5.33. The first-order valence-electron chi connectivity index (χ1n) is 5.30. The molecule has 3 nitrogen and oxygen atoms in total. The van der Waals surface area contributed by atoms with E-state index < -0.39 is 0 Å². The first-order chi connectivity index (χ1) is 7.95. The Balaban J connectivity index is 1.66. The van der Waals surface area contributed by atoms with E-state index in [0.29, 0.717) is 26.4 Å². The molecule has 0 bridgehead atoms. The molecule has 16 heavy (non-hydrogen) atoms. The molecular formula is C13H14O3. The lowest BCUT2D eigenvalue weighted by Gasteiger charge is -2.06. The van der Waals surface area contributed by atoms with E-state index in [1.165, 1.54) is 0 Å². The average molecular weight is 218 g/mol. The van der Waals surface area contributed by atoms with Crippen molar-refractivity contribution in [3.05, 3.63) is 35.9 Å². The lowest BCUT2D eigenvalue weighted by molar-refractivity contribution is -0.0892. The van der Waals surface area contributed by atoms with E-state index in [0.717, 1.165) is 5.56 Å². The molecule has 0 spiro atoms. The van der Waals surface area contributed by atoms with Crippen LogP contribution in [-0.4, -0.2) is 32.7 Å². The van der Waals surface area contributed by atoms with Gasteiger partial charge in [-0.2, -0.15) is 0 Å². The van der Waals surface area contributed by atoms with E-state index in [1.54, 1.807) is 0 Å². The van der Waals surface area contributed by atoms with E-state index in [9.17, 15) is 0 Å². The van der Waals surface area contributed by atoms with Crippen LogP contribution in [0.5, 0.6) is 0 Å². The largest absolute Gasteiger partial charge is 0.363 e. The van der Waals surface area contributed by atoms with Crippen LogP contribution in [0.4, 0.5) is 0 Å².